The second-order valence-corrected chi connectivity index (χ2v) is 6.57. The number of carbonyl (C=O) groups excluding carboxylic acids is 1. The second kappa shape index (κ2) is 7.53. The Morgan fingerprint density at radius 3 is 2.56 bits per heavy atom. The van der Waals surface area contributed by atoms with Gasteiger partial charge in [-0.2, -0.15) is 0 Å². The van der Waals surface area contributed by atoms with Gasteiger partial charge in [-0.15, -0.1) is 11.8 Å². The Kier molecular flexibility index (Phi) is 5.19. The van der Waals surface area contributed by atoms with Gasteiger partial charge >= 0.3 is 0 Å². The summed E-state index contributed by atoms with van der Waals surface area (Å²) in [4.78, 5) is 13.4. The predicted octanol–water partition coefficient (Wildman–Crippen LogP) is 4.98. The number of anilines is 1. The van der Waals surface area contributed by atoms with Gasteiger partial charge < -0.3 is 9.84 Å². The molecule has 1 amide bonds. The van der Waals surface area contributed by atoms with Crippen molar-refractivity contribution in [1.29, 1.82) is 0 Å². The van der Waals surface area contributed by atoms with Gasteiger partial charge in [0, 0.05) is 21.9 Å². The lowest BCUT2D eigenvalue weighted by atomic mass is 10.2. The number of halogens is 1. The number of nitrogens with zero attached hydrogens (tertiary/aromatic N) is 1. The number of amides is 1. The minimum Gasteiger partial charge on any atom is -0.361 e. The summed E-state index contributed by atoms with van der Waals surface area (Å²) in [7, 11) is 0. The van der Waals surface area contributed by atoms with Crippen molar-refractivity contribution in [2.24, 2.45) is 0 Å². The van der Waals surface area contributed by atoms with Gasteiger partial charge in [-0.25, -0.2) is 4.39 Å². The average Bonchev–Trinajstić information content (AvgIpc) is 2.93. The Labute approximate surface area is 149 Å². The van der Waals surface area contributed by atoms with E-state index in [1.165, 1.54) is 24.3 Å². The van der Waals surface area contributed by atoms with E-state index in [4.69, 9.17) is 4.52 Å². The van der Waals surface area contributed by atoms with Gasteiger partial charge in [0.2, 0.25) is 0 Å². The van der Waals surface area contributed by atoms with Crippen molar-refractivity contribution < 1.29 is 13.7 Å². The molecule has 0 saturated carbocycles. The maximum absolute atomic E-state index is 13.0. The lowest BCUT2D eigenvalue weighted by Crippen LogP contribution is -2.13. The number of benzene rings is 2. The van der Waals surface area contributed by atoms with Crippen molar-refractivity contribution in [2.45, 2.75) is 24.5 Å². The monoisotopic (exact) mass is 356 g/mol. The van der Waals surface area contributed by atoms with Crippen LogP contribution in [0, 0.1) is 19.7 Å². The van der Waals surface area contributed by atoms with Crippen LogP contribution in [0.3, 0.4) is 0 Å². The summed E-state index contributed by atoms with van der Waals surface area (Å²) in [6.45, 7) is 3.78. The van der Waals surface area contributed by atoms with Crippen molar-refractivity contribution in [2.75, 3.05) is 5.32 Å². The Balaban J connectivity index is 1.76. The topological polar surface area (TPSA) is 55.1 Å². The van der Waals surface area contributed by atoms with E-state index >= 15 is 0 Å². The van der Waals surface area contributed by atoms with Gasteiger partial charge in [0.05, 0.1) is 11.3 Å². The molecule has 0 aliphatic heterocycles. The van der Waals surface area contributed by atoms with Gasteiger partial charge in [0.25, 0.3) is 5.91 Å². The van der Waals surface area contributed by atoms with Crippen LogP contribution in [0.2, 0.25) is 0 Å². The molecule has 2 aromatic carbocycles. The third-order valence-electron chi connectivity index (χ3n) is 3.79. The van der Waals surface area contributed by atoms with Gasteiger partial charge in [-0.3, -0.25) is 4.79 Å². The van der Waals surface area contributed by atoms with E-state index < -0.39 is 0 Å². The zero-order valence-electron chi connectivity index (χ0n) is 13.9. The molecule has 1 N–H and O–H groups in total. The van der Waals surface area contributed by atoms with Crippen LogP contribution < -0.4 is 5.32 Å². The van der Waals surface area contributed by atoms with E-state index in [0.717, 1.165) is 21.9 Å². The number of carbonyl (C=O) groups is 1. The summed E-state index contributed by atoms with van der Waals surface area (Å²) in [6.07, 6.45) is 0. The van der Waals surface area contributed by atoms with Gasteiger partial charge in [-0.1, -0.05) is 17.3 Å². The van der Waals surface area contributed by atoms with Gasteiger partial charge in [0.1, 0.15) is 11.6 Å². The normalized spacial score (nSPS) is 10.7. The zero-order valence-corrected chi connectivity index (χ0v) is 14.7. The molecule has 0 atom stereocenters. The first kappa shape index (κ1) is 17.2. The first-order valence-corrected chi connectivity index (χ1v) is 8.73. The van der Waals surface area contributed by atoms with Gasteiger partial charge in [-0.05, 0) is 50.2 Å². The fraction of sp³-hybridized carbons (Fsp3) is 0.158. The number of aromatic nitrogens is 1. The number of aryl methyl sites for hydroxylation is 2. The zero-order chi connectivity index (χ0) is 17.8. The largest absolute Gasteiger partial charge is 0.361 e. The molecule has 4 nitrogen and oxygen atoms in total. The summed E-state index contributed by atoms with van der Waals surface area (Å²) in [5.74, 6) is 0.891. The quantitative estimate of drug-likeness (QED) is 0.656. The molecule has 1 heterocycles. The lowest BCUT2D eigenvalue weighted by Gasteiger charge is -2.10. The molecule has 3 rings (SSSR count). The molecular formula is C19H17FN2O2S. The first-order valence-electron chi connectivity index (χ1n) is 7.75. The molecule has 25 heavy (non-hydrogen) atoms. The van der Waals surface area contributed by atoms with E-state index in [-0.39, 0.29) is 11.7 Å². The standard InChI is InChI=1S/C19H17FN2O2S/c1-12-17(13(2)24-22-12)11-25-18-6-4-3-5-16(18)19(23)21-15-9-7-14(20)8-10-15/h3-10H,11H2,1-2H3,(H,21,23). The highest BCUT2D eigenvalue weighted by atomic mass is 32.2. The maximum Gasteiger partial charge on any atom is 0.256 e. The van der Waals surface area contributed by atoms with Crippen LogP contribution in [0.25, 0.3) is 0 Å². The molecule has 0 fully saturated rings. The fourth-order valence-corrected chi connectivity index (χ4v) is 3.57. The molecule has 0 radical (unpaired) electrons. The summed E-state index contributed by atoms with van der Waals surface area (Å²) >= 11 is 1.55. The minimum absolute atomic E-state index is 0.228. The number of nitrogens with one attached hydrogen (secondary N) is 1. The molecule has 0 aliphatic carbocycles. The summed E-state index contributed by atoms with van der Waals surface area (Å²) in [5.41, 5.74) is 3.03. The average molecular weight is 356 g/mol. The van der Waals surface area contributed by atoms with Crippen molar-refractivity contribution >= 4 is 23.4 Å². The van der Waals surface area contributed by atoms with Crippen molar-refractivity contribution in [1.82, 2.24) is 5.16 Å². The highest BCUT2D eigenvalue weighted by Crippen LogP contribution is 2.29. The number of hydrogen-bond acceptors (Lipinski definition) is 4. The van der Waals surface area contributed by atoms with E-state index in [2.05, 4.69) is 10.5 Å². The molecule has 128 valence electrons. The fourth-order valence-electron chi connectivity index (χ4n) is 2.37. The van der Waals surface area contributed by atoms with Gasteiger partial charge in [0.15, 0.2) is 0 Å². The van der Waals surface area contributed by atoms with E-state index in [0.29, 0.717) is 17.0 Å². The second-order valence-electron chi connectivity index (χ2n) is 5.55. The Morgan fingerprint density at radius 2 is 1.88 bits per heavy atom. The minimum atomic E-state index is -0.339. The molecule has 0 spiro atoms. The van der Waals surface area contributed by atoms with Crippen molar-refractivity contribution in [3.05, 3.63) is 76.9 Å². The molecule has 1 aromatic heterocycles. The third-order valence-corrected chi connectivity index (χ3v) is 4.89. The molecule has 0 unspecified atom stereocenters. The van der Waals surface area contributed by atoms with Crippen molar-refractivity contribution in [3.8, 4) is 0 Å². The van der Waals surface area contributed by atoms with E-state index in [9.17, 15) is 9.18 Å². The van der Waals surface area contributed by atoms with Crippen LogP contribution in [-0.2, 0) is 5.75 Å². The highest BCUT2D eigenvalue weighted by molar-refractivity contribution is 7.98. The lowest BCUT2D eigenvalue weighted by molar-refractivity contribution is 0.102. The van der Waals surface area contributed by atoms with Crippen LogP contribution in [0.15, 0.2) is 57.9 Å². The van der Waals surface area contributed by atoms with Crippen LogP contribution in [0.5, 0.6) is 0 Å². The first-order chi connectivity index (χ1) is 12.0. The summed E-state index contributed by atoms with van der Waals surface area (Å²) in [5, 5.41) is 6.74. The van der Waals surface area contributed by atoms with Crippen LogP contribution >= 0.6 is 11.8 Å². The smallest absolute Gasteiger partial charge is 0.256 e. The molecule has 0 aliphatic rings. The number of rotatable bonds is 5. The molecule has 3 aromatic rings. The van der Waals surface area contributed by atoms with E-state index in [1.807, 2.05) is 32.0 Å². The highest BCUT2D eigenvalue weighted by Gasteiger charge is 2.14. The SMILES string of the molecule is Cc1noc(C)c1CSc1ccccc1C(=O)Nc1ccc(F)cc1. The van der Waals surface area contributed by atoms with E-state index in [1.54, 1.807) is 17.8 Å². The molecular weight excluding hydrogens is 339 g/mol. The maximum atomic E-state index is 13.0. The predicted molar refractivity (Wildman–Crippen MR) is 96.3 cm³/mol. The van der Waals surface area contributed by atoms with Crippen LogP contribution in [-0.4, -0.2) is 11.1 Å². The van der Waals surface area contributed by atoms with Crippen LogP contribution in [0.4, 0.5) is 10.1 Å². The number of thioether (sulfide) groups is 1. The third kappa shape index (κ3) is 4.09. The Hall–Kier alpha value is -2.60. The molecule has 0 saturated heterocycles. The molecule has 6 heteroatoms. The summed E-state index contributed by atoms with van der Waals surface area (Å²) < 4.78 is 18.2. The molecule has 0 bridgehead atoms. The van der Waals surface area contributed by atoms with Crippen molar-refractivity contribution in [3.63, 3.8) is 0 Å². The Bertz CT molecular complexity index is 871. The van der Waals surface area contributed by atoms with Crippen LogP contribution in [0.1, 0.15) is 27.4 Å². The number of hydrogen-bond donors (Lipinski definition) is 1. The summed E-state index contributed by atoms with van der Waals surface area (Å²) in [6, 6.07) is 13.1. The Morgan fingerprint density at radius 1 is 1.16 bits per heavy atom.